The van der Waals surface area contributed by atoms with E-state index in [1.54, 1.807) is 0 Å². The van der Waals surface area contributed by atoms with Crippen molar-refractivity contribution in [3.8, 4) is 0 Å². The maximum atomic E-state index is 13.0. The summed E-state index contributed by atoms with van der Waals surface area (Å²) in [7, 11) is 0. The Bertz CT molecular complexity index is 651. The molecule has 7 nitrogen and oxygen atoms in total. The number of likely N-dealkylation sites (tertiary alicyclic amines) is 1. The Balaban J connectivity index is 1.45. The van der Waals surface area contributed by atoms with Crippen LogP contribution in [-0.4, -0.2) is 87.1 Å². The number of nitrogens with one attached hydrogen (secondary N) is 2. The number of urea groups is 1. The van der Waals surface area contributed by atoms with Gasteiger partial charge in [0.1, 0.15) is 0 Å². The second-order valence-electron chi connectivity index (χ2n) is 8.37. The van der Waals surface area contributed by atoms with Crippen LogP contribution in [0, 0.1) is 0 Å². The minimum Gasteiger partial charge on any atom is -0.378 e. The summed E-state index contributed by atoms with van der Waals surface area (Å²) >= 11 is 0. The lowest BCUT2D eigenvalue weighted by Crippen LogP contribution is -2.60. The second-order valence-corrected chi connectivity index (χ2v) is 8.37. The van der Waals surface area contributed by atoms with Gasteiger partial charge in [-0.2, -0.15) is 0 Å². The molecule has 2 N–H and O–H groups in total. The molecule has 160 valence electrons. The number of rotatable bonds is 4. The maximum absolute atomic E-state index is 13.0. The number of amides is 2. The monoisotopic (exact) mass is 402 g/mol. The molecule has 4 rings (SSSR count). The molecule has 1 aromatic carbocycles. The number of carbonyl (C=O) groups is 1. The summed E-state index contributed by atoms with van der Waals surface area (Å²) in [6.45, 7) is 9.34. The fourth-order valence-corrected chi connectivity index (χ4v) is 4.74. The molecule has 2 atom stereocenters. The minimum absolute atomic E-state index is 0.0264. The van der Waals surface area contributed by atoms with Gasteiger partial charge in [-0.3, -0.25) is 4.90 Å². The molecule has 29 heavy (non-hydrogen) atoms. The van der Waals surface area contributed by atoms with Crippen LogP contribution >= 0.6 is 0 Å². The number of ether oxygens (including phenoxy) is 2. The third kappa shape index (κ3) is 4.74. The van der Waals surface area contributed by atoms with Gasteiger partial charge in [0.2, 0.25) is 0 Å². The molecule has 0 radical (unpaired) electrons. The zero-order valence-electron chi connectivity index (χ0n) is 17.4. The van der Waals surface area contributed by atoms with Crippen LogP contribution in [-0.2, 0) is 15.0 Å². The highest BCUT2D eigenvalue weighted by Gasteiger charge is 2.40. The van der Waals surface area contributed by atoms with Crippen LogP contribution in [0.1, 0.15) is 25.3 Å². The van der Waals surface area contributed by atoms with Crippen LogP contribution in [0.2, 0.25) is 0 Å². The van der Waals surface area contributed by atoms with Gasteiger partial charge in [0.05, 0.1) is 31.5 Å². The smallest absolute Gasteiger partial charge is 0.318 e. The predicted molar refractivity (Wildman–Crippen MR) is 112 cm³/mol. The van der Waals surface area contributed by atoms with E-state index in [1.807, 2.05) is 11.0 Å². The zero-order valence-corrected chi connectivity index (χ0v) is 17.4. The highest BCUT2D eigenvalue weighted by molar-refractivity contribution is 5.75. The molecule has 0 spiro atoms. The summed E-state index contributed by atoms with van der Waals surface area (Å²) in [5.74, 6) is 0. The van der Waals surface area contributed by atoms with Gasteiger partial charge in [0, 0.05) is 45.3 Å². The molecule has 0 aromatic heterocycles. The van der Waals surface area contributed by atoms with Crippen LogP contribution in [0.15, 0.2) is 30.3 Å². The van der Waals surface area contributed by atoms with E-state index in [2.05, 4.69) is 46.7 Å². The van der Waals surface area contributed by atoms with E-state index in [-0.39, 0.29) is 17.7 Å². The summed E-state index contributed by atoms with van der Waals surface area (Å²) in [6.07, 6.45) is 2.03. The third-order valence-corrected chi connectivity index (χ3v) is 6.69. The summed E-state index contributed by atoms with van der Waals surface area (Å²) in [4.78, 5) is 17.4. The SMILES string of the molecule is CC(C1CNCCO1)N1CCC(NC(=O)N2CCOCC2)(c2ccccc2)CC1. The fraction of sp³-hybridized carbons (Fsp3) is 0.682. The maximum Gasteiger partial charge on any atom is 0.318 e. The summed E-state index contributed by atoms with van der Waals surface area (Å²) in [5, 5.41) is 6.85. The summed E-state index contributed by atoms with van der Waals surface area (Å²) in [6, 6.07) is 10.8. The Kier molecular flexibility index (Phi) is 6.70. The predicted octanol–water partition coefficient (Wildman–Crippen LogP) is 1.40. The molecule has 1 aromatic rings. The normalized spacial score (nSPS) is 26.7. The van der Waals surface area contributed by atoms with Crippen LogP contribution < -0.4 is 10.6 Å². The fourth-order valence-electron chi connectivity index (χ4n) is 4.74. The van der Waals surface area contributed by atoms with Gasteiger partial charge < -0.3 is 25.0 Å². The standard InChI is InChI=1S/C22H34N4O3/c1-18(20-17-23-9-14-29-20)25-10-7-22(8-11-25,19-5-3-2-4-6-19)24-21(27)26-12-15-28-16-13-26/h2-6,18,20,23H,7-17H2,1H3,(H,24,27). The Hall–Kier alpha value is -1.67. The van der Waals surface area contributed by atoms with E-state index in [0.29, 0.717) is 32.3 Å². The van der Waals surface area contributed by atoms with Crippen molar-refractivity contribution in [2.45, 2.75) is 37.5 Å². The van der Waals surface area contributed by atoms with Gasteiger partial charge in [-0.15, -0.1) is 0 Å². The second kappa shape index (κ2) is 9.43. The number of nitrogens with zero attached hydrogens (tertiary/aromatic N) is 2. The molecule has 3 aliphatic rings. The largest absolute Gasteiger partial charge is 0.378 e. The molecule has 0 bridgehead atoms. The van der Waals surface area contributed by atoms with Crippen LogP contribution in [0.4, 0.5) is 4.79 Å². The number of benzene rings is 1. The van der Waals surface area contributed by atoms with E-state index in [4.69, 9.17) is 9.47 Å². The van der Waals surface area contributed by atoms with Crippen LogP contribution in [0.25, 0.3) is 0 Å². The highest BCUT2D eigenvalue weighted by Crippen LogP contribution is 2.34. The van der Waals surface area contributed by atoms with Crippen molar-refractivity contribution in [1.29, 1.82) is 0 Å². The van der Waals surface area contributed by atoms with E-state index in [0.717, 1.165) is 45.6 Å². The van der Waals surface area contributed by atoms with E-state index in [1.165, 1.54) is 5.56 Å². The third-order valence-electron chi connectivity index (χ3n) is 6.69. The lowest BCUT2D eigenvalue weighted by atomic mass is 9.80. The molecule has 2 unspecified atom stereocenters. The molecule has 0 aliphatic carbocycles. The molecule has 3 heterocycles. The van der Waals surface area contributed by atoms with Gasteiger partial charge in [-0.05, 0) is 25.3 Å². The molecule has 7 heteroatoms. The average molecular weight is 403 g/mol. The highest BCUT2D eigenvalue weighted by atomic mass is 16.5. The lowest BCUT2D eigenvalue weighted by molar-refractivity contribution is -0.0372. The number of hydrogen-bond acceptors (Lipinski definition) is 5. The molecular formula is C22H34N4O3. The van der Waals surface area contributed by atoms with Gasteiger partial charge in [-0.1, -0.05) is 30.3 Å². The number of morpholine rings is 2. The zero-order chi connectivity index (χ0) is 20.1. The number of piperidine rings is 1. The summed E-state index contributed by atoms with van der Waals surface area (Å²) < 4.78 is 11.4. The first-order valence-electron chi connectivity index (χ1n) is 10.9. The molecule has 3 aliphatic heterocycles. The summed E-state index contributed by atoms with van der Waals surface area (Å²) in [5.41, 5.74) is 0.878. The van der Waals surface area contributed by atoms with Crippen LogP contribution in [0.3, 0.4) is 0 Å². The number of hydrogen-bond donors (Lipinski definition) is 2. The van der Waals surface area contributed by atoms with E-state index < -0.39 is 0 Å². The first-order chi connectivity index (χ1) is 14.2. The first-order valence-corrected chi connectivity index (χ1v) is 10.9. The Labute approximate surface area is 173 Å². The first kappa shape index (κ1) is 20.6. The molecule has 0 saturated carbocycles. The molecular weight excluding hydrogens is 368 g/mol. The van der Waals surface area contributed by atoms with Gasteiger partial charge in [0.25, 0.3) is 0 Å². The van der Waals surface area contributed by atoms with Crippen molar-refractivity contribution < 1.29 is 14.3 Å². The van der Waals surface area contributed by atoms with Crippen molar-refractivity contribution in [2.24, 2.45) is 0 Å². The van der Waals surface area contributed by atoms with Crippen molar-refractivity contribution in [1.82, 2.24) is 20.4 Å². The van der Waals surface area contributed by atoms with Crippen molar-refractivity contribution in [2.75, 3.05) is 59.1 Å². The van der Waals surface area contributed by atoms with E-state index in [9.17, 15) is 4.79 Å². The minimum atomic E-state index is -0.321. The van der Waals surface area contributed by atoms with Gasteiger partial charge >= 0.3 is 6.03 Å². The molecule has 2 amide bonds. The number of carbonyl (C=O) groups excluding carboxylic acids is 1. The van der Waals surface area contributed by atoms with Crippen LogP contribution in [0.5, 0.6) is 0 Å². The van der Waals surface area contributed by atoms with Crippen molar-refractivity contribution in [3.63, 3.8) is 0 Å². The quantitative estimate of drug-likeness (QED) is 0.797. The van der Waals surface area contributed by atoms with E-state index >= 15 is 0 Å². The van der Waals surface area contributed by atoms with Gasteiger partial charge in [0.15, 0.2) is 0 Å². The Morgan fingerprint density at radius 2 is 1.86 bits per heavy atom. The van der Waals surface area contributed by atoms with Gasteiger partial charge in [-0.25, -0.2) is 4.79 Å². The Morgan fingerprint density at radius 1 is 1.14 bits per heavy atom. The Morgan fingerprint density at radius 3 is 2.52 bits per heavy atom. The van der Waals surface area contributed by atoms with Crippen molar-refractivity contribution in [3.05, 3.63) is 35.9 Å². The lowest BCUT2D eigenvalue weighted by Gasteiger charge is -2.47. The average Bonchev–Trinajstić information content (AvgIpc) is 2.81. The van der Waals surface area contributed by atoms with Crippen molar-refractivity contribution >= 4 is 6.03 Å². The molecule has 3 fully saturated rings. The molecule has 3 saturated heterocycles. The topological polar surface area (TPSA) is 66.1 Å².